The first-order valence-corrected chi connectivity index (χ1v) is 7.30. The van der Waals surface area contributed by atoms with Gasteiger partial charge in [0.05, 0.1) is 19.3 Å². The van der Waals surface area contributed by atoms with Gasteiger partial charge in [0.25, 0.3) is 10.2 Å². The maximum absolute atomic E-state index is 12.0. The Balaban J connectivity index is 2.60. The molecule has 1 saturated heterocycles. The lowest BCUT2D eigenvalue weighted by atomic mass is 10.0. The molecule has 0 radical (unpaired) electrons. The number of aliphatic hydroxyl groups excluding tert-OH is 1. The highest BCUT2D eigenvalue weighted by atomic mass is 32.2. The second-order valence-corrected chi connectivity index (χ2v) is 6.27. The third-order valence-electron chi connectivity index (χ3n) is 2.86. The Morgan fingerprint density at radius 2 is 2.29 bits per heavy atom. The zero-order valence-electron chi connectivity index (χ0n) is 10.4. The van der Waals surface area contributed by atoms with E-state index in [9.17, 15) is 8.42 Å². The second-order valence-electron chi connectivity index (χ2n) is 4.56. The average Bonchev–Trinajstić information content (AvgIpc) is 2.28. The molecular formula is C10H22N2O4S. The fourth-order valence-corrected chi connectivity index (χ4v) is 3.51. The number of piperidine rings is 1. The third-order valence-corrected chi connectivity index (χ3v) is 4.51. The van der Waals surface area contributed by atoms with Gasteiger partial charge in [-0.15, -0.1) is 0 Å². The molecule has 6 nitrogen and oxygen atoms in total. The van der Waals surface area contributed by atoms with Crippen LogP contribution in [0.1, 0.15) is 19.8 Å². The number of hydrogen-bond donors (Lipinski definition) is 2. The number of aliphatic hydroxyl groups is 1. The van der Waals surface area contributed by atoms with Crippen molar-refractivity contribution in [3.8, 4) is 0 Å². The summed E-state index contributed by atoms with van der Waals surface area (Å²) in [6, 6.07) is -0.581. The first-order valence-electron chi connectivity index (χ1n) is 5.86. The van der Waals surface area contributed by atoms with Gasteiger partial charge in [0, 0.05) is 20.2 Å². The van der Waals surface area contributed by atoms with Gasteiger partial charge in [0.1, 0.15) is 0 Å². The van der Waals surface area contributed by atoms with Crippen LogP contribution in [0.25, 0.3) is 0 Å². The summed E-state index contributed by atoms with van der Waals surface area (Å²) in [6.07, 6.45) is 1.95. The van der Waals surface area contributed by atoms with Crippen molar-refractivity contribution < 1.29 is 18.3 Å². The predicted octanol–water partition coefficient (Wildman–Crippen LogP) is -0.440. The normalized spacial score (nSPS) is 24.8. The number of nitrogens with zero attached hydrogens (tertiary/aromatic N) is 1. The van der Waals surface area contributed by atoms with Crippen molar-refractivity contribution in [2.45, 2.75) is 25.8 Å². The zero-order chi connectivity index (χ0) is 12.9. The molecule has 17 heavy (non-hydrogen) atoms. The van der Waals surface area contributed by atoms with Crippen LogP contribution >= 0.6 is 0 Å². The molecule has 0 aromatic rings. The fourth-order valence-electron chi connectivity index (χ4n) is 1.97. The van der Waals surface area contributed by atoms with Gasteiger partial charge in [-0.3, -0.25) is 0 Å². The Morgan fingerprint density at radius 3 is 2.82 bits per heavy atom. The molecule has 1 rings (SSSR count). The van der Waals surface area contributed by atoms with Crippen LogP contribution in [0, 0.1) is 5.92 Å². The van der Waals surface area contributed by atoms with E-state index >= 15 is 0 Å². The Hall–Kier alpha value is -0.210. The molecule has 2 unspecified atom stereocenters. The molecule has 0 bridgehead atoms. The van der Waals surface area contributed by atoms with Gasteiger partial charge in [0.15, 0.2) is 0 Å². The lowest BCUT2D eigenvalue weighted by Crippen LogP contribution is -2.50. The van der Waals surface area contributed by atoms with E-state index in [0.29, 0.717) is 19.0 Å². The lowest BCUT2D eigenvalue weighted by Gasteiger charge is -2.31. The molecule has 0 saturated carbocycles. The standard InChI is InChI=1S/C10H22N2O4S/c1-9-4-3-5-12(6-9)17(14,15)11-10(7-13)8-16-2/h9-11,13H,3-8H2,1-2H3. The van der Waals surface area contributed by atoms with Gasteiger partial charge in [-0.05, 0) is 18.8 Å². The molecule has 102 valence electrons. The maximum Gasteiger partial charge on any atom is 0.279 e. The van der Waals surface area contributed by atoms with E-state index in [4.69, 9.17) is 9.84 Å². The summed E-state index contributed by atoms with van der Waals surface area (Å²) >= 11 is 0. The zero-order valence-corrected chi connectivity index (χ0v) is 11.2. The number of hydrogen-bond acceptors (Lipinski definition) is 4. The van der Waals surface area contributed by atoms with E-state index in [1.807, 2.05) is 6.92 Å². The molecule has 0 aromatic carbocycles. The Bertz CT molecular complexity index is 320. The molecule has 2 atom stereocenters. The van der Waals surface area contributed by atoms with E-state index in [1.54, 1.807) is 0 Å². The molecule has 7 heteroatoms. The minimum atomic E-state index is -3.51. The largest absolute Gasteiger partial charge is 0.395 e. The summed E-state index contributed by atoms with van der Waals surface area (Å²) in [5.74, 6) is 0.385. The summed E-state index contributed by atoms with van der Waals surface area (Å²) in [6.45, 7) is 3.03. The van der Waals surface area contributed by atoms with Gasteiger partial charge < -0.3 is 9.84 Å². The van der Waals surface area contributed by atoms with Gasteiger partial charge in [-0.2, -0.15) is 17.4 Å². The van der Waals surface area contributed by atoms with Crippen molar-refractivity contribution >= 4 is 10.2 Å². The van der Waals surface area contributed by atoms with Crippen LogP contribution in [0.15, 0.2) is 0 Å². The van der Waals surface area contributed by atoms with Crippen LogP contribution in [0.3, 0.4) is 0 Å². The first kappa shape index (κ1) is 14.8. The first-order chi connectivity index (χ1) is 7.99. The quantitative estimate of drug-likeness (QED) is 0.683. The molecule has 0 aromatic heterocycles. The van der Waals surface area contributed by atoms with Crippen molar-refractivity contribution in [3.05, 3.63) is 0 Å². The van der Waals surface area contributed by atoms with Crippen LogP contribution in [-0.4, -0.2) is 57.3 Å². The summed E-state index contributed by atoms with van der Waals surface area (Å²) in [7, 11) is -2.03. The second kappa shape index (κ2) is 6.65. The highest BCUT2D eigenvalue weighted by Gasteiger charge is 2.28. The molecule has 1 aliphatic heterocycles. The molecule has 0 spiro atoms. The highest BCUT2D eigenvalue weighted by Crippen LogP contribution is 2.17. The van der Waals surface area contributed by atoms with Crippen molar-refractivity contribution in [3.63, 3.8) is 0 Å². The molecule has 0 amide bonds. The summed E-state index contributed by atoms with van der Waals surface area (Å²) < 4.78 is 32.8. The van der Waals surface area contributed by atoms with Crippen molar-refractivity contribution in [1.82, 2.24) is 9.03 Å². The number of nitrogens with one attached hydrogen (secondary N) is 1. The minimum absolute atomic E-state index is 0.166. The van der Waals surface area contributed by atoms with Crippen LogP contribution in [-0.2, 0) is 14.9 Å². The molecule has 1 aliphatic rings. The van der Waals surface area contributed by atoms with Gasteiger partial charge >= 0.3 is 0 Å². The van der Waals surface area contributed by atoms with Crippen LogP contribution in [0.5, 0.6) is 0 Å². The summed E-state index contributed by atoms with van der Waals surface area (Å²) in [5.41, 5.74) is 0. The minimum Gasteiger partial charge on any atom is -0.395 e. The van der Waals surface area contributed by atoms with Crippen LogP contribution in [0.2, 0.25) is 0 Å². The third kappa shape index (κ3) is 4.51. The molecular weight excluding hydrogens is 244 g/mol. The number of rotatable bonds is 6. The van der Waals surface area contributed by atoms with Crippen molar-refractivity contribution in [2.75, 3.05) is 33.4 Å². The molecule has 0 aliphatic carbocycles. The van der Waals surface area contributed by atoms with E-state index in [0.717, 1.165) is 12.8 Å². The van der Waals surface area contributed by atoms with E-state index in [2.05, 4.69) is 4.72 Å². The summed E-state index contributed by atoms with van der Waals surface area (Å²) in [5, 5.41) is 9.05. The average molecular weight is 266 g/mol. The van der Waals surface area contributed by atoms with Gasteiger partial charge in [-0.1, -0.05) is 6.92 Å². The topological polar surface area (TPSA) is 78.9 Å². The number of ether oxygens (including phenoxy) is 1. The van der Waals surface area contributed by atoms with Crippen molar-refractivity contribution in [2.24, 2.45) is 5.92 Å². The number of methoxy groups -OCH3 is 1. The predicted molar refractivity (Wildman–Crippen MR) is 64.8 cm³/mol. The van der Waals surface area contributed by atoms with E-state index in [-0.39, 0.29) is 13.2 Å². The van der Waals surface area contributed by atoms with E-state index in [1.165, 1.54) is 11.4 Å². The van der Waals surface area contributed by atoms with Crippen LogP contribution < -0.4 is 4.72 Å². The molecule has 2 N–H and O–H groups in total. The van der Waals surface area contributed by atoms with Crippen molar-refractivity contribution in [1.29, 1.82) is 0 Å². The maximum atomic E-state index is 12.0. The van der Waals surface area contributed by atoms with Gasteiger partial charge in [-0.25, -0.2) is 0 Å². The Kier molecular flexibility index (Phi) is 5.81. The van der Waals surface area contributed by atoms with Gasteiger partial charge in [0.2, 0.25) is 0 Å². The lowest BCUT2D eigenvalue weighted by molar-refractivity contribution is 0.137. The highest BCUT2D eigenvalue weighted by molar-refractivity contribution is 7.87. The summed E-state index contributed by atoms with van der Waals surface area (Å²) in [4.78, 5) is 0. The Labute approximate surface area is 103 Å². The Morgan fingerprint density at radius 1 is 1.59 bits per heavy atom. The smallest absolute Gasteiger partial charge is 0.279 e. The van der Waals surface area contributed by atoms with Crippen LogP contribution in [0.4, 0.5) is 0 Å². The molecule has 1 heterocycles. The SMILES string of the molecule is COCC(CO)NS(=O)(=O)N1CCCC(C)C1. The fraction of sp³-hybridized carbons (Fsp3) is 1.00. The van der Waals surface area contributed by atoms with E-state index < -0.39 is 16.3 Å². The monoisotopic (exact) mass is 266 g/mol. The molecule has 1 fully saturated rings.